The summed E-state index contributed by atoms with van der Waals surface area (Å²) in [5.41, 5.74) is 1.42. The summed E-state index contributed by atoms with van der Waals surface area (Å²) in [5.74, 6) is -1.19. The van der Waals surface area contributed by atoms with E-state index in [0.717, 1.165) is 10.9 Å². The molecule has 2 atom stereocenters. The summed E-state index contributed by atoms with van der Waals surface area (Å²) in [6.07, 6.45) is 2.44. The van der Waals surface area contributed by atoms with Gasteiger partial charge in [0.1, 0.15) is 0 Å². The Hall–Kier alpha value is -2.30. The van der Waals surface area contributed by atoms with Crippen molar-refractivity contribution in [2.75, 3.05) is 13.1 Å². The van der Waals surface area contributed by atoms with Crippen LogP contribution in [-0.2, 0) is 4.79 Å². The number of nitrogens with one attached hydrogen (secondary N) is 1. The summed E-state index contributed by atoms with van der Waals surface area (Å²) in [6.45, 7) is 2.89. The van der Waals surface area contributed by atoms with E-state index in [1.807, 2.05) is 25.1 Å². The molecule has 0 radical (unpaired) electrons. The highest BCUT2D eigenvalue weighted by molar-refractivity contribution is 6.05. The minimum absolute atomic E-state index is 0.0964. The van der Waals surface area contributed by atoms with Gasteiger partial charge in [0.05, 0.1) is 17.0 Å². The Morgan fingerprint density at radius 3 is 2.86 bits per heavy atom. The molecular weight excluding hydrogens is 268 g/mol. The molecule has 1 aromatic heterocycles. The molecule has 2 unspecified atom stereocenters. The Balaban J connectivity index is 1.90. The second-order valence-corrected chi connectivity index (χ2v) is 5.83. The highest BCUT2D eigenvalue weighted by Gasteiger charge is 2.32. The van der Waals surface area contributed by atoms with Crippen molar-refractivity contribution in [2.45, 2.75) is 13.3 Å². The summed E-state index contributed by atoms with van der Waals surface area (Å²) in [5, 5.41) is 10.2. The molecule has 0 aliphatic carbocycles. The molecule has 5 nitrogen and oxygen atoms in total. The number of rotatable bonds is 2. The van der Waals surface area contributed by atoms with E-state index in [2.05, 4.69) is 4.98 Å². The lowest BCUT2D eigenvalue weighted by atomic mass is 9.90. The Bertz CT molecular complexity index is 692. The Kier molecular flexibility index (Phi) is 3.41. The van der Waals surface area contributed by atoms with Crippen molar-refractivity contribution in [3.05, 3.63) is 36.0 Å². The number of carbonyl (C=O) groups is 2. The molecule has 1 saturated heterocycles. The number of likely N-dealkylation sites (tertiary alicyclic amines) is 1. The number of H-pyrrole nitrogens is 1. The van der Waals surface area contributed by atoms with Crippen molar-refractivity contribution in [1.82, 2.24) is 9.88 Å². The van der Waals surface area contributed by atoms with Crippen LogP contribution in [0.5, 0.6) is 0 Å². The third kappa shape index (κ3) is 2.51. The van der Waals surface area contributed by atoms with Gasteiger partial charge < -0.3 is 15.0 Å². The van der Waals surface area contributed by atoms with Gasteiger partial charge in [-0.3, -0.25) is 9.59 Å². The van der Waals surface area contributed by atoms with E-state index in [4.69, 9.17) is 0 Å². The van der Waals surface area contributed by atoms with Crippen LogP contribution in [0.15, 0.2) is 30.5 Å². The topological polar surface area (TPSA) is 73.4 Å². The van der Waals surface area contributed by atoms with E-state index in [1.54, 1.807) is 17.2 Å². The first-order valence-electron chi connectivity index (χ1n) is 7.14. The number of aromatic nitrogens is 1. The van der Waals surface area contributed by atoms with Gasteiger partial charge in [-0.15, -0.1) is 0 Å². The summed E-state index contributed by atoms with van der Waals surface area (Å²) < 4.78 is 0. The molecule has 1 aromatic carbocycles. The van der Waals surface area contributed by atoms with Gasteiger partial charge >= 0.3 is 5.97 Å². The lowest BCUT2D eigenvalue weighted by Crippen LogP contribution is -2.45. The number of hydrogen-bond donors (Lipinski definition) is 2. The lowest BCUT2D eigenvalue weighted by Gasteiger charge is -2.34. The average Bonchev–Trinajstić information content (AvgIpc) is 2.94. The van der Waals surface area contributed by atoms with Crippen molar-refractivity contribution >= 4 is 22.8 Å². The van der Waals surface area contributed by atoms with Crippen LogP contribution >= 0.6 is 0 Å². The molecule has 5 heteroatoms. The normalized spacial score (nSPS) is 22.4. The number of fused-ring (bicyclic) bond motifs is 1. The second-order valence-electron chi connectivity index (χ2n) is 5.83. The predicted molar refractivity (Wildman–Crippen MR) is 79.1 cm³/mol. The van der Waals surface area contributed by atoms with Crippen molar-refractivity contribution in [2.24, 2.45) is 11.8 Å². The van der Waals surface area contributed by atoms with Crippen LogP contribution < -0.4 is 0 Å². The number of hydrogen-bond acceptors (Lipinski definition) is 2. The van der Waals surface area contributed by atoms with E-state index in [1.165, 1.54) is 0 Å². The standard InChI is InChI=1S/C16H18N2O3/c1-10-7-12(16(20)21)9-18(8-10)15(19)13-4-2-3-11-5-6-17-14(11)13/h2-6,10,12,17H,7-9H2,1H3,(H,20,21). The van der Waals surface area contributed by atoms with Crippen LogP contribution in [0.25, 0.3) is 10.9 Å². The van der Waals surface area contributed by atoms with Gasteiger partial charge in [0.2, 0.25) is 0 Å². The largest absolute Gasteiger partial charge is 0.481 e. The Morgan fingerprint density at radius 2 is 2.10 bits per heavy atom. The number of piperidine rings is 1. The number of para-hydroxylation sites is 1. The Labute approximate surface area is 122 Å². The highest BCUT2D eigenvalue weighted by atomic mass is 16.4. The molecule has 110 valence electrons. The molecule has 0 spiro atoms. The molecular formula is C16H18N2O3. The second kappa shape index (κ2) is 5.24. The number of carboxylic acid groups (broad SMARTS) is 1. The first kappa shape index (κ1) is 13.7. The van der Waals surface area contributed by atoms with E-state index >= 15 is 0 Å². The van der Waals surface area contributed by atoms with Gasteiger partial charge in [-0.1, -0.05) is 19.1 Å². The monoisotopic (exact) mass is 286 g/mol. The first-order chi connectivity index (χ1) is 10.1. The van der Waals surface area contributed by atoms with Crippen molar-refractivity contribution in [3.8, 4) is 0 Å². The molecule has 0 bridgehead atoms. The molecule has 2 heterocycles. The molecule has 0 saturated carbocycles. The van der Waals surface area contributed by atoms with Crippen LogP contribution in [0.1, 0.15) is 23.7 Å². The number of aliphatic carboxylic acids is 1. The van der Waals surface area contributed by atoms with E-state index in [-0.39, 0.29) is 18.4 Å². The number of amides is 1. The molecule has 2 aromatic rings. The number of benzene rings is 1. The zero-order valence-corrected chi connectivity index (χ0v) is 11.9. The minimum atomic E-state index is -0.822. The number of aromatic amines is 1. The van der Waals surface area contributed by atoms with E-state index < -0.39 is 11.9 Å². The number of carbonyl (C=O) groups excluding carboxylic acids is 1. The first-order valence-corrected chi connectivity index (χ1v) is 7.14. The molecule has 1 amide bonds. The van der Waals surface area contributed by atoms with Crippen molar-refractivity contribution < 1.29 is 14.7 Å². The third-order valence-electron chi connectivity index (χ3n) is 4.11. The highest BCUT2D eigenvalue weighted by Crippen LogP contribution is 2.25. The van der Waals surface area contributed by atoms with Gasteiger partial charge in [-0.05, 0) is 24.5 Å². The minimum Gasteiger partial charge on any atom is -0.481 e. The van der Waals surface area contributed by atoms with Crippen LogP contribution in [0, 0.1) is 11.8 Å². The van der Waals surface area contributed by atoms with Crippen LogP contribution in [-0.4, -0.2) is 40.0 Å². The van der Waals surface area contributed by atoms with Gasteiger partial charge in [-0.25, -0.2) is 0 Å². The summed E-state index contributed by atoms with van der Waals surface area (Å²) >= 11 is 0. The smallest absolute Gasteiger partial charge is 0.308 e. The molecule has 2 N–H and O–H groups in total. The summed E-state index contributed by atoms with van der Waals surface area (Å²) in [7, 11) is 0. The number of nitrogens with zero attached hydrogens (tertiary/aromatic N) is 1. The van der Waals surface area contributed by atoms with Gasteiger partial charge in [0.15, 0.2) is 0 Å². The fraction of sp³-hybridized carbons (Fsp3) is 0.375. The van der Waals surface area contributed by atoms with Crippen LogP contribution in [0.4, 0.5) is 0 Å². The van der Waals surface area contributed by atoms with Crippen LogP contribution in [0.3, 0.4) is 0 Å². The fourth-order valence-electron chi connectivity index (χ4n) is 3.13. The van der Waals surface area contributed by atoms with Gasteiger partial charge in [0.25, 0.3) is 5.91 Å². The Morgan fingerprint density at radius 1 is 1.29 bits per heavy atom. The van der Waals surface area contributed by atoms with Gasteiger partial charge in [-0.2, -0.15) is 0 Å². The average molecular weight is 286 g/mol. The molecule has 3 rings (SSSR count). The van der Waals surface area contributed by atoms with E-state index in [9.17, 15) is 14.7 Å². The van der Waals surface area contributed by atoms with Crippen molar-refractivity contribution in [1.29, 1.82) is 0 Å². The zero-order valence-electron chi connectivity index (χ0n) is 11.9. The fourth-order valence-corrected chi connectivity index (χ4v) is 3.13. The van der Waals surface area contributed by atoms with Gasteiger partial charge in [0, 0.05) is 24.7 Å². The maximum atomic E-state index is 12.7. The molecule has 1 aliphatic rings. The van der Waals surface area contributed by atoms with Crippen LogP contribution in [0.2, 0.25) is 0 Å². The summed E-state index contributed by atoms with van der Waals surface area (Å²) in [6, 6.07) is 7.51. The van der Waals surface area contributed by atoms with E-state index in [0.29, 0.717) is 18.5 Å². The maximum absolute atomic E-state index is 12.7. The molecule has 1 fully saturated rings. The quantitative estimate of drug-likeness (QED) is 0.890. The SMILES string of the molecule is CC1CC(C(=O)O)CN(C(=O)c2cccc3cc[nH]c23)C1. The number of carboxylic acids is 1. The van der Waals surface area contributed by atoms with Crippen molar-refractivity contribution in [3.63, 3.8) is 0 Å². The maximum Gasteiger partial charge on any atom is 0.308 e. The lowest BCUT2D eigenvalue weighted by molar-refractivity contribution is -0.143. The predicted octanol–water partition coefficient (Wildman–Crippen LogP) is 2.35. The zero-order chi connectivity index (χ0) is 15.0. The third-order valence-corrected chi connectivity index (χ3v) is 4.11. The summed E-state index contributed by atoms with van der Waals surface area (Å²) in [4.78, 5) is 28.7. The molecule has 21 heavy (non-hydrogen) atoms. The molecule has 1 aliphatic heterocycles.